The molecule has 1 aliphatic carbocycles. The van der Waals surface area contributed by atoms with Crippen LogP contribution in [0.4, 0.5) is 0 Å². The average Bonchev–Trinajstić information content (AvgIpc) is 2.90. The van der Waals surface area contributed by atoms with Crippen molar-refractivity contribution in [2.45, 2.75) is 58.0 Å². The van der Waals surface area contributed by atoms with Gasteiger partial charge in [-0.25, -0.2) is 4.98 Å². The molecular formula is C16H22N2OS. The lowest BCUT2D eigenvalue weighted by Gasteiger charge is -2.14. The zero-order valence-corrected chi connectivity index (χ0v) is 13.2. The lowest BCUT2D eigenvalue weighted by atomic mass is 9.93. The highest BCUT2D eigenvalue weighted by molar-refractivity contribution is 7.09. The first-order valence-corrected chi connectivity index (χ1v) is 8.14. The highest BCUT2D eigenvalue weighted by Crippen LogP contribution is 2.26. The van der Waals surface area contributed by atoms with Gasteiger partial charge in [0.15, 0.2) is 0 Å². The van der Waals surface area contributed by atoms with Gasteiger partial charge in [0, 0.05) is 28.8 Å². The van der Waals surface area contributed by atoms with E-state index in [-0.39, 0.29) is 5.41 Å². The van der Waals surface area contributed by atoms with Crippen molar-refractivity contribution in [3.63, 3.8) is 0 Å². The average molecular weight is 290 g/mol. The molecule has 3 nitrogen and oxygen atoms in total. The van der Waals surface area contributed by atoms with Crippen molar-refractivity contribution in [1.82, 2.24) is 10.3 Å². The maximum absolute atomic E-state index is 5.60. The van der Waals surface area contributed by atoms with Gasteiger partial charge in [0.1, 0.15) is 5.76 Å². The third kappa shape index (κ3) is 3.30. The molecule has 4 heteroatoms. The summed E-state index contributed by atoms with van der Waals surface area (Å²) in [5, 5.41) is 6.85. The molecule has 1 N–H and O–H groups in total. The van der Waals surface area contributed by atoms with Gasteiger partial charge in [0.05, 0.1) is 23.5 Å². The van der Waals surface area contributed by atoms with E-state index in [0.717, 1.165) is 18.7 Å². The number of aromatic nitrogens is 1. The second-order valence-corrected chi connectivity index (χ2v) is 7.52. The van der Waals surface area contributed by atoms with Gasteiger partial charge in [0.2, 0.25) is 0 Å². The minimum absolute atomic E-state index is 0.126. The highest BCUT2D eigenvalue weighted by Gasteiger charge is 2.22. The van der Waals surface area contributed by atoms with Crippen LogP contribution in [0.1, 0.15) is 55.6 Å². The van der Waals surface area contributed by atoms with Crippen molar-refractivity contribution >= 4 is 11.3 Å². The number of nitrogens with zero attached hydrogens (tertiary/aromatic N) is 1. The van der Waals surface area contributed by atoms with Crippen LogP contribution in [0, 0.1) is 0 Å². The molecule has 0 aliphatic heterocycles. The van der Waals surface area contributed by atoms with E-state index in [4.69, 9.17) is 9.40 Å². The molecule has 1 saturated carbocycles. The molecule has 0 aromatic carbocycles. The largest absolute Gasteiger partial charge is 0.468 e. The molecule has 2 aromatic rings. The predicted molar refractivity (Wildman–Crippen MR) is 82.2 cm³/mol. The van der Waals surface area contributed by atoms with Crippen molar-refractivity contribution in [3.05, 3.63) is 39.7 Å². The van der Waals surface area contributed by atoms with Crippen LogP contribution in [0.5, 0.6) is 0 Å². The first kappa shape index (κ1) is 13.8. The smallest absolute Gasteiger partial charge is 0.121 e. The molecule has 108 valence electrons. The quantitative estimate of drug-likeness (QED) is 0.908. The number of thiazole rings is 1. The molecule has 0 spiro atoms. The fourth-order valence-electron chi connectivity index (χ4n) is 2.10. The van der Waals surface area contributed by atoms with E-state index in [2.05, 4.69) is 37.5 Å². The molecule has 1 aliphatic rings. The van der Waals surface area contributed by atoms with Crippen LogP contribution in [0.25, 0.3) is 0 Å². The zero-order valence-electron chi connectivity index (χ0n) is 12.4. The van der Waals surface area contributed by atoms with Gasteiger partial charge in [-0.15, -0.1) is 11.3 Å². The summed E-state index contributed by atoms with van der Waals surface area (Å²) in [4.78, 5) is 4.76. The number of nitrogens with one attached hydrogen (secondary N) is 1. The van der Waals surface area contributed by atoms with Crippen LogP contribution in [0.15, 0.2) is 22.1 Å². The summed E-state index contributed by atoms with van der Waals surface area (Å²) in [5.41, 5.74) is 2.56. The van der Waals surface area contributed by atoms with Crippen molar-refractivity contribution in [2.75, 3.05) is 0 Å². The van der Waals surface area contributed by atoms with E-state index in [1.54, 1.807) is 17.6 Å². The Labute approximate surface area is 124 Å². The predicted octanol–water partition coefficient (Wildman–Crippen LogP) is 3.88. The van der Waals surface area contributed by atoms with E-state index < -0.39 is 0 Å². The zero-order chi connectivity index (χ0) is 14.2. The molecule has 0 saturated heterocycles. The minimum Gasteiger partial charge on any atom is -0.468 e. The molecule has 0 radical (unpaired) electrons. The summed E-state index contributed by atoms with van der Waals surface area (Å²) >= 11 is 1.75. The normalized spacial score (nSPS) is 15.8. The van der Waals surface area contributed by atoms with Crippen LogP contribution >= 0.6 is 11.3 Å². The lowest BCUT2D eigenvalue weighted by molar-refractivity contribution is 0.478. The molecule has 0 atom stereocenters. The molecule has 20 heavy (non-hydrogen) atoms. The van der Waals surface area contributed by atoms with Gasteiger partial charge in [-0.05, 0) is 18.9 Å². The molecule has 0 bridgehead atoms. The van der Waals surface area contributed by atoms with E-state index in [0.29, 0.717) is 6.04 Å². The van der Waals surface area contributed by atoms with Crippen molar-refractivity contribution < 1.29 is 4.42 Å². The standard InChI is InChI=1S/C16H22N2OS/c1-16(2,3)14-10-20-15(18-14)8-11-6-7-19-13(11)9-17-12-4-5-12/h6-7,10,12,17H,4-5,8-9H2,1-3H3. The summed E-state index contributed by atoms with van der Waals surface area (Å²) in [6.07, 6.45) is 5.27. The molecule has 1 fully saturated rings. The third-order valence-electron chi connectivity index (χ3n) is 3.63. The van der Waals surface area contributed by atoms with E-state index >= 15 is 0 Å². The highest BCUT2D eigenvalue weighted by atomic mass is 32.1. The van der Waals surface area contributed by atoms with Crippen LogP contribution < -0.4 is 5.32 Å². The summed E-state index contributed by atoms with van der Waals surface area (Å²) in [6, 6.07) is 2.78. The molecular weight excluding hydrogens is 268 g/mol. The van der Waals surface area contributed by atoms with Gasteiger partial charge < -0.3 is 9.73 Å². The first-order valence-electron chi connectivity index (χ1n) is 7.26. The number of rotatable bonds is 5. The van der Waals surface area contributed by atoms with Gasteiger partial charge >= 0.3 is 0 Å². The van der Waals surface area contributed by atoms with Gasteiger partial charge in [-0.1, -0.05) is 20.8 Å². The van der Waals surface area contributed by atoms with Crippen LogP contribution in [-0.2, 0) is 18.4 Å². The summed E-state index contributed by atoms with van der Waals surface area (Å²) < 4.78 is 5.60. The molecule has 0 amide bonds. The van der Waals surface area contributed by atoms with Crippen molar-refractivity contribution in [1.29, 1.82) is 0 Å². The van der Waals surface area contributed by atoms with Crippen LogP contribution in [0.3, 0.4) is 0 Å². The van der Waals surface area contributed by atoms with Crippen LogP contribution in [-0.4, -0.2) is 11.0 Å². The fourth-order valence-corrected chi connectivity index (χ4v) is 3.15. The number of hydrogen-bond donors (Lipinski definition) is 1. The Hall–Kier alpha value is -1.13. The maximum Gasteiger partial charge on any atom is 0.121 e. The van der Waals surface area contributed by atoms with Gasteiger partial charge in [-0.3, -0.25) is 0 Å². The fraction of sp³-hybridized carbons (Fsp3) is 0.562. The first-order chi connectivity index (χ1) is 9.52. The van der Waals surface area contributed by atoms with Gasteiger partial charge in [-0.2, -0.15) is 0 Å². The van der Waals surface area contributed by atoms with Gasteiger partial charge in [0.25, 0.3) is 0 Å². The van der Waals surface area contributed by atoms with Crippen LogP contribution in [0.2, 0.25) is 0 Å². The molecule has 3 rings (SSSR count). The second kappa shape index (κ2) is 5.34. The Bertz CT molecular complexity index is 575. The Morgan fingerprint density at radius 3 is 2.85 bits per heavy atom. The monoisotopic (exact) mass is 290 g/mol. The Balaban J connectivity index is 1.67. The molecule has 2 heterocycles. The van der Waals surface area contributed by atoms with Crippen molar-refractivity contribution in [2.24, 2.45) is 0 Å². The maximum atomic E-state index is 5.60. The number of furan rings is 1. The Morgan fingerprint density at radius 2 is 2.20 bits per heavy atom. The lowest BCUT2D eigenvalue weighted by Crippen LogP contribution is -2.15. The molecule has 2 aromatic heterocycles. The topological polar surface area (TPSA) is 38.1 Å². The third-order valence-corrected chi connectivity index (χ3v) is 4.48. The summed E-state index contributed by atoms with van der Waals surface area (Å²) in [7, 11) is 0. The van der Waals surface area contributed by atoms with E-state index in [1.807, 2.05) is 0 Å². The Morgan fingerprint density at radius 1 is 1.40 bits per heavy atom. The van der Waals surface area contributed by atoms with Crippen molar-refractivity contribution in [3.8, 4) is 0 Å². The number of hydrogen-bond acceptors (Lipinski definition) is 4. The summed E-state index contributed by atoms with van der Waals surface area (Å²) in [5.74, 6) is 1.06. The summed E-state index contributed by atoms with van der Waals surface area (Å²) in [6.45, 7) is 7.45. The minimum atomic E-state index is 0.126. The van der Waals surface area contributed by atoms with E-state index in [1.165, 1.54) is 29.1 Å². The molecule has 0 unspecified atom stereocenters. The Kier molecular flexibility index (Phi) is 3.69. The second-order valence-electron chi connectivity index (χ2n) is 6.58. The SMILES string of the molecule is CC(C)(C)c1csc(Cc2ccoc2CNC2CC2)n1. The van der Waals surface area contributed by atoms with E-state index in [9.17, 15) is 0 Å².